The van der Waals surface area contributed by atoms with Gasteiger partial charge in [0.2, 0.25) is 5.95 Å². The highest BCUT2D eigenvalue weighted by atomic mass is 19.1. The van der Waals surface area contributed by atoms with Gasteiger partial charge in [0.15, 0.2) is 0 Å². The molecule has 72 valence electrons. The number of ether oxygens (including phenoxy) is 1. The maximum atomic E-state index is 12.7. The molecule has 0 saturated heterocycles. The van der Waals surface area contributed by atoms with E-state index in [0.717, 1.165) is 0 Å². The van der Waals surface area contributed by atoms with Crippen molar-refractivity contribution in [2.45, 2.75) is 0 Å². The molecule has 0 aromatic carbocycles. The molecule has 0 bridgehead atoms. The number of halogens is 1. The number of H-pyrrole nitrogens is 1. The summed E-state index contributed by atoms with van der Waals surface area (Å²) in [6.07, 6.45) is 2.77. The minimum absolute atomic E-state index is 0.356. The van der Waals surface area contributed by atoms with Crippen molar-refractivity contribution in [3.8, 4) is 0 Å². The number of carbonyl (C=O) groups is 1. The van der Waals surface area contributed by atoms with Gasteiger partial charge in [-0.25, -0.2) is 9.78 Å². The first-order chi connectivity index (χ1) is 6.72. The smallest absolute Gasteiger partial charge is 0.340 e. The van der Waals surface area contributed by atoms with Gasteiger partial charge < -0.3 is 9.72 Å². The maximum Gasteiger partial charge on any atom is 0.340 e. The van der Waals surface area contributed by atoms with Crippen LogP contribution in [0.1, 0.15) is 10.4 Å². The zero-order valence-corrected chi connectivity index (χ0v) is 7.37. The molecule has 0 aliphatic rings. The van der Waals surface area contributed by atoms with E-state index in [1.54, 1.807) is 0 Å². The number of nitrogens with one attached hydrogen (secondary N) is 1. The van der Waals surface area contributed by atoms with Gasteiger partial charge in [-0.2, -0.15) is 4.39 Å². The third-order valence-corrected chi connectivity index (χ3v) is 1.94. The molecule has 2 aromatic heterocycles. The molecule has 0 fully saturated rings. The lowest BCUT2D eigenvalue weighted by atomic mass is 10.2. The summed E-state index contributed by atoms with van der Waals surface area (Å²) in [4.78, 5) is 17.4. The van der Waals surface area contributed by atoms with Crippen LogP contribution in [0.4, 0.5) is 4.39 Å². The van der Waals surface area contributed by atoms with Gasteiger partial charge in [-0.1, -0.05) is 0 Å². The average molecular weight is 194 g/mol. The van der Waals surface area contributed by atoms with Crippen molar-refractivity contribution in [3.05, 3.63) is 30.0 Å². The molecule has 0 radical (unpaired) electrons. The molecule has 0 aliphatic carbocycles. The van der Waals surface area contributed by atoms with Crippen LogP contribution in [0.5, 0.6) is 0 Å². The van der Waals surface area contributed by atoms with Crippen LogP contribution in [0.15, 0.2) is 18.5 Å². The standard InChI is InChI=1S/C9H7FN2O2/c1-14-9(13)6-4-11-7-2-8(10)12-3-5(6)7/h2-4,11H,1H3. The Morgan fingerprint density at radius 1 is 1.64 bits per heavy atom. The number of pyridine rings is 1. The van der Waals surface area contributed by atoms with Crippen molar-refractivity contribution in [2.24, 2.45) is 0 Å². The summed E-state index contributed by atoms with van der Waals surface area (Å²) in [5.74, 6) is -1.06. The Hall–Kier alpha value is -1.91. The quantitative estimate of drug-likeness (QED) is 0.552. The third-order valence-electron chi connectivity index (χ3n) is 1.94. The summed E-state index contributed by atoms with van der Waals surface area (Å²) in [6, 6.07) is 1.22. The number of carbonyl (C=O) groups excluding carboxylic acids is 1. The van der Waals surface area contributed by atoms with Gasteiger partial charge in [0, 0.05) is 23.8 Å². The predicted molar refractivity (Wildman–Crippen MR) is 47.4 cm³/mol. The number of hydrogen-bond donors (Lipinski definition) is 1. The highest BCUT2D eigenvalue weighted by Gasteiger charge is 2.12. The largest absolute Gasteiger partial charge is 0.465 e. The van der Waals surface area contributed by atoms with E-state index < -0.39 is 11.9 Å². The highest BCUT2D eigenvalue weighted by molar-refractivity contribution is 6.03. The van der Waals surface area contributed by atoms with Crippen LogP contribution in [0, 0.1) is 5.95 Å². The fraction of sp³-hybridized carbons (Fsp3) is 0.111. The number of aromatic amines is 1. The Morgan fingerprint density at radius 3 is 3.14 bits per heavy atom. The van der Waals surface area contributed by atoms with Crippen molar-refractivity contribution >= 4 is 16.9 Å². The van der Waals surface area contributed by atoms with Crippen molar-refractivity contribution in [2.75, 3.05) is 7.11 Å². The molecule has 2 heterocycles. The lowest BCUT2D eigenvalue weighted by Gasteiger charge is -1.95. The lowest BCUT2D eigenvalue weighted by molar-refractivity contribution is 0.0603. The van der Waals surface area contributed by atoms with E-state index >= 15 is 0 Å². The molecule has 2 rings (SSSR count). The highest BCUT2D eigenvalue weighted by Crippen LogP contribution is 2.18. The molecule has 14 heavy (non-hydrogen) atoms. The molecule has 0 atom stereocenters. The Kier molecular flexibility index (Phi) is 1.92. The number of fused-ring (bicyclic) bond motifs is 1. The van der Waals surface area contributed by atoms with Crippen LogP contribution >= 0.6 is 0 Å². The van der Waals surface area contributed by atoms with Gasteiger partial charge in [-0.15, -0.1) is 0 Å². The van der Waals surface area contributed by atoms with Crippen LogP contribution < -0.4 is 0 Å². The second-order valence-electron chi connectivity index (χ2n) is 2.75. The van der Waals surface area contributed by atoms with Gasteiger partial charge in [-0.05, 0) is 0 Å². The molecule has 0 unspecified atom stereocenters. The summed E-state index contributed by atoms with van der Waals surface area (Å²) in [5, 5.41) is 0.554. The first-order valence-electron chi connectivity index (χ1n) is 3.93. The van der Waals surface area contributed by atoms with Crippen molar-refractivity contribution < 1.29 is 13.9 Å². The van der Waals surface area contributed by atoms with E-state index in [2.05, 4.69) is 14.7 Å². The van der Waals surface area contributed by atoms with E-state index in [0.29, 0.717) is 16.5 Å². The second kappa shape index (κ2) is 3.10. The molecule has 0 spiro atoms. The molecule has 1 N–H and O–H groups in total. The molecule has 0 amide bonds. The van der Waals surface area contributed by atoms with Gasteiger partial charge in [0.05, 0.1) is 18.2 Å². The number of rotatable bonds is 1. The number of aromatic nitrogens is 2. The maximum absolute atomic E-state index is 12.7. The number of methoxy groups -OCH3 is 1. The summed E-state index contributed by atoms with van der Waals surface area (Å²) < 4.78 is 17.2. The minimum Gasteiger partial charge on any atom is -0.465 e. The van der Waals surface area contributed by atoms with Crippen LogP contribution in [0.2, 0.25) is 0 Å². The molecule has 0 aliphatic heterocycles. The molecule has 2 aromatic rings. The average Bonchev–Trinajstić information content (AvgIpc) is 2.59. The summed E-state index contributed by atoms with van der Waals surface area (Å²) in [7, 11) is 1.29. The summed E-state index contributed by atoms with van der Waals surface area (Å²) >= 11 is 0. The minimum atomic E-state index is -0.587. The first-order valence-corrected chi connectivity index (χ1v) is 3.93. The van der Waals surface area contributed by atoms with Crippen molar-refractivity contribution in [3.63, 3.8) is 0 Å². The van der Waals surface area contributed by atoms with E-state index in [-0.39, 0.29) is 0 Å². The SMILES string of the molecule is COC(=O)c1c[nH]c2cc(F)ncc12. The van der Waals surface area contributed by atoms with E-state index in [1.807, 2.05) is 0 Å². The van der Waals surface area contributed by atoms with E-state index in [9.17, 15) is 9.18 Å². The monoisotopic (exact) mass is 194 g/mol. The Balaban J connectivity index is 2.64. The molecular weight excluding hydrogens is 187 g/mol. The zero-order valence-electron chi connectivity index (χ0n) is 7.37. The normalized spacial score (nSPS) is 10.4. The fourth-order valence-electron chi connectivity index (χ4n) is 1.27. The fourth-order valence-corrected chi connectivity index (χ4v) is 1.27. The van der Waals surface area contributed by atoms with E-state index in [4.69, 9.17) is 0 Å². The predicted octanol–water partition coefficient (Wildman–Crippen LogP) is 1.49. The van der Waals surface area contributed by atoms with Gasteiger partial charge in [-0.3, -0.25) is 0 Å². The lowest BCUT2D eigenvalue weighted by Crippen LogP contribution is -1.99. The van der Waals surface area contributed by atoms with Crippen LogP contribution in [0.3, 0.4) is 0 Å². The summed E-state index contributed by atoms with van der Waals surface area (Å²) in [6.45, 7) is 0. The molecule has 4 nitrogen and oxygen atoms in total. The first kappa shape index (κ1) is 8.68. The van der Waals surface area contributed by atoms with Crippen molar-refractivity contribution in [1.29, 1.82) is 0 Å². The van der Waals surface area contributed by atoms with Crippen molar-refractivity contribution in [1.82, 2.24) is 9.97 Å². The summed E-state index contributed by atoms with van der Waals surface area (Å²) in [5.41, 5.74) is 0.882. The number of esters is 1. The topological polar surface area (TPSA) is 55.0 Å². The van der Waals surface area contributed by atoms with Gasteiger partial charge >= 0.3 is 5.97 Å². The third kappa shape index (κ3) is 1.22. The van der Waals surface area contributed by atoms with Crippen LogP contribution in [0.25, 0.3) is 10.9 Å². The van der Waals surface area contributed by atoms with Crippen LogP contribution in [-0.4, -0.2) is 23.0 Å². The van der Waals surface area contributed by atoms with Crippen LogP contribution in [-0.2, 0) is 4.74 Å². The Labute approximate surface area is 78.7 Å². The molecule has 0 saturated carbocycles. The second-order valence-corrected chi connectivity index (χ2v) is 2.75. The number of nitrogens with zero attached hydrogens (tertiary/aromatic N) is 1. The van der Waals surface area contributed by atoms with E-state index in [1.165, 1.54) is 25.6 Å². The Bertz CT molecular complexity index is 493. The zero-order chi connectivity index (χ0) is 10.1. The molecule has 5 heteroatoms. The Morgan fingerprint density at radius 2 is 2.43 bits per heavy atom. The molecular formula is C9H7FN2O2. The van der Waals surface area contributed by atoms with Gasteiger partial charge in [0.1, 0.15) is 0 Å². The number of hydrogen-bond acceptors (Lipinski definition) is 3. The van der Waals surface area contributed by atoms with Gasteiger partial charge in [0.25, 0.3) is 0 Å².